The fourth-order valence-corrected chi connectivity index (χ4v) is 2.86. The van der Waals surface area contributed by atoms with Gasteiger partial charge in [-0.15, -0.1) is 6.58 Å². The Hall–Kier alpha value is -2.08. The van der Waals surface area contributed by atoms with Gasteiger partial charge in [-0.2, -0.15) is 0 Å². The molecule has 116 valence electrons. The maximum atomic E-state index is 12.3. The largest absolute Gasteiger partial charge is 0.466 e. The maximum absolute atomic E-state index is 12.3. The highest BCUT2D eigenvalue weighted by Crippen LogP contribution is 2.32. The molecule has 0 aromatic heterocycles. The molecule has 0 spiro atoms. The van der Waals surface area contributed by atoms with Crippen LogP contribution in [0.1, 0.15) is 18.5 Å². The van der Waals surface area contributed by atoms with E-state index in [1.165, 1.54) is 12.0 Å². The zero-order chi connectivity index (χ0) is 16.3. The molecule has 0 radical (unpaired) electrons. The molecule has 1 heterocycles. The van der Waals surface area contributed by atoms with Crippen molar-refractivity contribution in [2.45, 2.75) is 13.0 Å². The number of benzene rings is 1. The number of hydrogen-bond acceptors (Lipinski definition) is 3. The van der Waals surface area contributed by atoms with E-state index in [-0.39, 0.29) is 6.03 Å². The lowest BCUT2D eigenvalue weighted by Gasteiger charge is -2.34. The summed E-state index contributed by atoms with van der Waals surface area (Å²) < 4.78 is 5.76. The smallest absolute Gasteiger partial charge is 0.337 e. The molecule has 2 rings (SSSR count). The summed E-state index contributed by atoms with van der Waals surface area (Å²) in [7, 11) is 1.33. The topological polar surface area (TPSA) is 58.6 Å². The highest BCUT2D eigenvalue weighted by molar-refractivity contribution is 9.10. The van der Waals surface area contributed by atoms with Gasteiger partial charge < -0.3 is 10.1 Å². The van der Waals surface area contributed by atoms with Crippen LogP contribution in [-0.4, -0.2) is 30.6 Å². The number of ether oxygens (including phenoxy) is 1. The SMILES string of the molecule is C=CCN1C(=O)N[C@@H](c2cccc(Br)c2)C(C(=O)OC)=C1C. The number of nitrogens with one attached hydrogen (secondary N) is 1. The van der Waals surface area contributed by atoms with Crippen molar-refractivity contribution in [1.82, 2.24) is 10.2 Å². The molecule has 6 heteroatoms. The van der Waals surface area contributed by atoms with Crippen molar-refractivity contribution in [3.63, 3.8) is 0 Å². The second kappa shape index (κ2) is 6.79. The highest BCUT2D eigenvalue weighted by Gasteiger charge is 2.35. The zero-order valence-corrected chi connectivity index (χ0v) is 14.0. The number of methoxy groups -OCH3 is 1. The fraction of sp³-hybridized carbons (Fsp3) is 0.250. The summed E-state index contributed by atoms with van der Waals surface area (Å²) >= 11 is 3.40. The highest BCUT2D eigenvalue weighted by atomic mass is 79.9. The first-order valence-corrected chi connectivity index (χ1v) is 7.52. The van der Waals surface area contributed by atoms with Crippen LogP contribution in [0.4, 0.5) is 4.79 Å². The predicted octanol–water partition coefficient (Wildman–Crippen LogP) is 3.15. The van der Waals surface area contributed by atoms with E-state index in [1.54, 1.807) is 13.0 Å². The minimum atomic E-state index is -0.543. The van der Waals surface area contributed by atoms with Crippen LogP contribution >= 0.6 is 15.9 Å². The summed E-state index contributed by atoms with van der Waals surface area (Å²) in [5.41, 5.74) is 1.79. The van der Waals surface area contributed by atoms with Crippen LogP contribution in [0.15, 0.2) is 52.7 Å². The van der Waals surface area contributed by atoms with E-state index in [4.69, 9.17) is 4.74 Å². The van der Waals surface area contributed by atoms with Gasteiger partial charge in [0, 0.05) is 16.7 Å². The molecule has 0 unspecified atom stereocenters. The van der Waals surface area contributed by atoms with Crippen molar-refractivity contribution in [3.05, 3.63) is 58.2 Å². The molecule has 1 aliphatic heterocycles. The molecule has 0 fully saturated rings. The Morgan fingerprint density at radius 2 is 2.27 bits per heavy atom. The summed E-state index contributed by atoms with van der Waals surface area (Å²) in [6.45, 7) is 5.69. The molecule has 0 saturated heterocycles. The monoisotopic (exact) mass is 364 g/mol. The minimum Gasteiger partial charge on any atom is -0.466 e. The molecular weight excluding hydrogens is 348 g/mol. The van der Waals surface area contributed by atoms with Gasteiger partial charge in [-0.25, -0.2) is 9.59 Å². The van der Waals surface area contributed by atoms with Gasteiger partial charge in [0.15, 0.2) is 0 Å². The first-order chi connectivity index (χ1) is 10.5. The number of carbonyl (C=O) groups is 2. The van der Waals surface area contributed by atoms with E-state index in [0.29, 0.717) is 17.8 Å². The van der Waals surface area contributed by atoms with E-state index in [2.05, 4.69) is 27.8 Å². The summed E-state index contributed by atoms with van der Waals surface area (Å²) in [6.07, 6.45) is 1.61. The molecule has 0 saturated carbocycles. The normalized spacial score (nSPS) is 18.0. The molecule has 1 aliphatic rings. The van der Waals surface area contributed by atoms with Gasteiger partial charge in [-0.3, -0.25) is 4.90 Å². The Labute approximate surface area is 137 Å². The summed E-state index contributed by atoms with van der Waals surface area (Å²) in [5, 5.41) is 2.85. The van der Waals surface area contributed by atoms with E-state index in [9.17, 15) is 9.59 Å². The predicted molar refractivity (Wildman–Crippen MR) is 87.0 cm³/mol. The fourth-order valence-electron chi connectivity index (χ4n) is 2.44. The average molecular weight is 365 g/mol. The number of nitrogens with zero attached hydrogens (tertiary/aromatic N) is 1. The van der Waals surface area contributed by atoms with Crippen LogP contribution in [0.5, 0.6) is 0 Å². The third-order valence-corrected chi connectivity index (χ3v) is 3.99. The Balaban J connectivity index is 2.55. The number of carbonyl (C=O) groups excluding carboxylic acids is 2. The van der Waals surface area contributed by atoms with Gasteiger partial charge >= 0.3 is 12.0 Å². The van der Waals surface area contributed by atoms with E-state index >= 15 is 0 Å². The van der Waals surface area contributed by atoms with E-state index < -0.39 is 12.0 Å². The van der Waals surface area contributed by atoms with Crippen LogP contribution in [0.3, 0.4) is 0 Å². The Morgan fingerprint density at radius 3 is 2.86 bits per heavy atom. The second-order valence-corrected chi connectivity index (χ2v) is 5.74. The van der Waals surface area contributed by atoms with Crippen molar-refractivity contribution in [1.29, 1.82) is 0 Å². The molecule has 1 aromatic carbocycles. The number of amides is 2. The molecule has 22 heavy (non-hydrogen) atoms. The quantitative estimate of drug-likeness (QED) is 0.659. The number of rotatable bonds is 4. The number of hydrogen-bond donors (Lipinski definition) is 1. The molecule has 0 bridgehead atoms. The van der Waals surface area contributed by atoms with Crippen LogP contribution in [0.2, 0.25) is 0 Å². The third kappa shape index (κ3) is 3.06. The van der Waals surface area contributed by atoms with E-state index in [1.807, 2.05) is 24.3 Å². The number of allylic oxidation sites excluding steroid dienone is 1. The molecule has 5 nitrogen and oxygen atoms in total. The van der Waals surface area contributed by atoms with Gasteiger partial charge in [0.25, 0.3) is 0 Å². The van der Waals surface area contributed by atoms with Crippen LogP contribution < -0.4 is 5.32 Å². The zero-order valence-electron chi connectivity index (χ0n) is 12.4. The average Bonchev–Trinajstić information content (AvgIpc) is 2.50. The first kappa shape index (κ1) is 16.3. The van der Waals surface area contributed by atoms with Crippen LogP contribution in [-0.2, 0) is 9.53 Å². The summed E-state index contributed by atoms with van der Waals surface area (Å²) in [4.78, 5) is 26.0. The maximum Gasteiger partial charge on any atom is 0.337 e. The van der Waals surface area contributed by atoms with Gasteiger partial charge in [-0.05, 0) is 24.6 Å². The second-order valence-electron chi connectivity index (χ2n) is 4.83. The van der Waals surface area contributed by atoms with Crippen molar-refractivity contribution in [3.8, 4) is 0 Å². The Morgan fingerprint density at radius 1 is 1.55 bits per heavy atom. The standard InChI is InChI=1S/C16H17BrN2O3/c1-4-8-19-10(2)13(15(20)22-3)14(18-16(19)21)11-6-5-7-12(17)9-11/h4-7,9,14H,1,8H2,2-3H3,(H,18,21)/t14-/m0/s1. The Kier molecular flexibility index (Phi) is 5.03. The van der Waals surface area contributed by atoms with Crippen molar-refractivity contribution in [2.75, 3.05) is 13.7 Å². The van der Waals surface area contributed by atoms with Crippen molar-refractivity contribution >= 4 is 27.9 Å². The van der Waals surface area contributed by atoms with Gasteiger partial charge in [-0.1, -0.05) is 34.1 Å². The number of esters is 1. The number of urea groups is 1. The van der Waals surface area contributed by atoms with Crippen LogP contribution in [0, 0.1) is 0 Å². The van der Waals surface area contributed by atoms with Gasteiger partial charge in [0.05, 0.1) is 18.7 Å². The molecule has 1 atom stereocenters. The van der Waals surface area contributed by atoms with E-state index in [0.717, 1.165) is 10.0 Å². The third-order valence-electron chi connectivity index (χ3n) is 3.50. The van der Waals surface area contributed by atoms with Crippen molar-refractivity contribution in [2.24, 2.45) is 0 Å². The van der Waals surface area contributed by atoms with Crippen LogP contribution in [0.25, 0.3) is 0 Å². The molecule has 1 N–H and O–H groups in total. The minimum absolute atomic E-state index is 0.268. The molecule has 2 amide bonds. The summed E-state index contributed by atoms with van der Waals surface area (Å²) in [6, 6.07) is 6.64. The molecule has 0 aliphatic carbocycles. The Bertz CT molecular complexity index is 655. The van der Waals surface area contributed by atoms with Crippen molar-refractivity contribution < 1.29 is 14.3 Å². The lowest BCUT2D eigenvalue weighted by atomic mass is 9.95. The molecule has 1 aromatic rings. The van der Waals surface area contributed by atoms with Gasteiger partial charge in [0.2, 0.25) is 0 Å². The lowest BCUT2D eigenvalue weighted by Crippen LogP contribution is -2.47. The lowest BCUT2D eigenvalue weighted by molar-refractivity contribution is -0.136. The summed E-state index contributed by atoms with van der Waals surface area (Å²) in [5.74, 6) is -0.462. The molecular formula is C16H17BrN2O3. The number of halogens is 1. The first-order valence-electron chi connectivity index (χ1n) is 6.73. The van der Waals surface area contributed by atoms with Gasteiger partial charge in [0.1, 0.15) is 0 Å².